The number of carbonyl (C=O) groups is 1. The molecule has 0 aromatic carbocycles. The minimum atomic E-state index is -0.783. The quantitative estimate of drug-likeness (QED) is 0.807. The van der Waals surface area contributed by atoms with Crippen LogP contribution in [-0.2, 0) is 4.79 Å². The van der Waals surface area contributed by atoms with Gasteiger partial charge in [-0.2, -0.15) is 9.97 Å². The number of aromatic nitrogens is 2. The number of carboxylic acid groups (broad SMARTS) is 1. The van der Waals surface area contributed by atoms with Gasteiger partial charge in [0.15, 0.2) is 5.16 Å². The normalized spacial score (nSPS) is 16.9. The van der Waals surface area contributed by atoms with Gasteiger partial charge in [0.25, 0.3) is 0 Å². The molecule has 0 bridgehead atoms. The number of aliphatic carboxylic acids is 1. The zero-order valence-electron chi connectivity index (χ0n) is 11.6. The Morgan fingerprint density at radius 1 is 1.30 bits per heavy atom. The molecule has 0 atom stereocenters. The second-order valence-corrected chi connectivity index (χ2v) is 6.23. The zero-order valence-corrected chi connectivity index (χ0v) is 12.4. The fraction of sp³-hybridized carbons (Fsp3) is 0.615. The zero-order chi connectivity index (χ0) is 14.6. The van der Waals surface area contributed by atoms with Gasteiger partial charge in [0.1, 0.15) is 0 Å². The van der Waals surface area contributed by atoms with E-state index in [4.69, 9.17) is 14.6 Å². The molecule has 1 N–H and O–H groups in total. The molecule has 0 unspecified atom stereocenters. The molecule has 1 fully saturated rings. The number of rotatable bonds is 6. The summed E-state index contributed by atoms with van der Waals surface area (Å²) in [6.45, 7) is 0. The summed E-state index contributed by atoms with van der Waals surface area (Å²) in [5.74, 6) is 0.0555. The number of hydrogen-bond donors (Lipinski definition) is 1. The summed E-state index contributed by atoms with van der Waals surface area (Å²) in [5.41, 5.74) is 0. The van der Waals surface area contributed by atoms with Gasteiger partial charge in [-0.05, 0) is 12.8 Å². The van der Waals surface area contributed by atoms with Gasteiger partial charge in [0.05, 0.1) is 26.7 Å². The van der Waals surface area contributed by atoms with Crippen LogP contribution < -0.4 is 9.47 Å². The summed E-state index contributed by atoms with van der Waals surface area (Å²) in [6.07, 6.45) is 3.95. The molecular formula is C13H18N2O4S. The molecule has 7 heteroatoms. The van der Waals surface area contributed by atoms with Crippen LogP contribution in [0, 0.1) is 0 Å². The Morgan fingerprint density at radius 3 is 2.30 bits per heavy atom. The van der Waals surface area contributed by atoms with Crippen LogP contribution in [0.4, 0.5) is 0 Å². The fourth-order valence-corrected chi connectivity index (χ4v) is 3.79. The summed E-state index contributed by atoms with van der Waals surface area (Å²) in [6, 6.07) is 1.60. The van der Waals surface area contributed by atoms with Crippen LogP contribution in [0.15, 0.2) is 11.2 Å². The minimum Gasteiger partial charge on any atom is -0.481 e. The number of hydrogen-bond acceptors (Lipinski definition) is 6. The highest BCUT2D eigenvalue weighted by Gasteiger charge is 2.38. The molecule has 1 saturated carbocycles. The van der Waals surface area contributed by atoms with Gasteiger partial charge >= 0.3 is 5.97 Å². The first-order chi connectivity index (χ1) is 9.57. The Labute approximate surface area is 121 Å². The molecule has 0 aliphatic heterocycles. The standard InChI is InChI=1S/C13H18N2O4S/c1-18-9-7-10(19-2)15-12(14-9)20-13(8-11(16)17)5-3-4-6-13/h7H,3-6,8H2,1-2H3,(H,16,17). The van der Waals surface area contributed by atoms with Crippen molar-refractivity contribution >= 4 is 17.7 Å². The van der Waals surface area contributed by atoms with Gasteiger partial charge in [-0.25, -0.2) is 0 Å². The maximum absolute atomic E-state index is 11.1. The lowest BCUT2D eigenvalue weighted by Crippen LogP contribution is -2.24. The first-order valence-electron chi connectivity index (χ1n) is 6.45. The van der Waals surface area contributed by atoms with Gasteiger partial charge in [-0.1, -0.05) is 24.6 Å². The number of thioether (sulfide) groups is 1. The molecule has 6 nitrogen and oxygen atoms in total. The number of nitrogens with zero attached hydrogens (tertiary/aromatic N) is 2. The van der Waals surface area contributed by atoms with E-state index in [1.54, 1.807) is 6.07 Å². The summed E-state index contributed by atoms with van der Waals surface area (Å²) in [4.78, 5) is 19.6. The average Bonchev–Trinajstić information content (AvgIpc) is 2.85. The van der Waals surface area contributed by atoms with E-state index in [1.165, 1.54) is 26.0 Å². The number of methoxy groups -OCH3 is 2. The first-order valence-corrected chi connectivity index (χ1v) is 7.26. The van der Waals surface area contributed by atoms with Crippen molar-refractivity contribution < 1.29 is 19.4 Å². The molecular weight excluding hydrogens is 280 g/mol. The van der Waals surface area contributed by atoms with Crippen molar-refractivity contribution in [2.75, 3.05) is 14.2 Å². The van der Waals surface area contributed by atoms with E-state index in [0.29, 0.717) is 16.9 Å². The van der Waals surface area contributed by atoms with Crippen molar-refractivity contribution in [3.05, 3.63) is 6.07 Å². The van der Waals surface area contributed by atoms with E-state index in [1.807, 2.05) is 0 Å². The second kappa shape index (κ2) is 6.30. The summed E-state index contributed by atoms with van der Waals surface area (Å²) in [7, 11) is 3.05. The molecule has 0 radical (unpaired) electrons. The van der Waals surface area contributed by atoms with E-state index in [2.05, 4.69) is 9.97 Å². The molecule has 1 aromatic rings. The van der Waals surface area contributed by atoms with Crippen molar-refractivity contribution in [3.8, 4) is 11.8 Å². The Morgan fingerprint density at radius 2 is 1.85 bits per heavy atom. The van der Waals surface area contributed by atoms with Crippen molar-refractivity contribution in [1.29, 1.82) is 0 Å². The molecule has 1 aliphatic carbocycles. The third-order valence-corrected chi connectivity index (χ3v) is 4.72. The predicted octanol–water partition coefficient (Wildman–Crippen LogP) is 2.37. The lowest BCUT2D eigenvalue weighted by atomic mass is 10.0. The van der Waals surface area contributed by atoms with Crippen LogP contribution in [0.2, 0.25) is 0 Å². The highest BCUT2D eigenvalue weighted by atomic mass is 32.2. The van der Waals surface area contributed by atoms with Crippen LogP contribution in [0.3, 0.4) is 0 Å². The Balaban J connectivity index is 2.24. The van der Waals surface area contributed by atoms with Crippen molar-refractivity contribution in [2.45, 2.75) is 42.0 Å². The van der Waals surface area contributed by atoms with Gasteiger partial charge < -0.3 is 14.6 Å². The molecule has 0 spiro atoms. The Bertz CT molecular complexity index is 467. The lowest BCUT2D eigenvalue weighted by Gasteiger charge is -2.25. The van der Waals surface area contributed by atoms with Crippen molar-refractivity contribution in [2.24, 2.45) is 0 Å². The minimum absolute atomic E-state index is 0.126. The molecule has 1 aromatic heterocycles. The topological polar surface area (TPSA) is 81.5 Å². The summed E-state index contributed by atoms with van der Waals surface area (Å²) in [5, 5.41) is 9.62. The lowest BCUT2D eigenvalue weighted by molar-refractivity contribution is -0.137. The largest absolute Gasteiger partial charge is 0.481 e. The SMILES string of the molecule is COc1cc(OC)nc(SC2(CC(=O)O)CCCC2)n1. The Kier molecular flexibility index (Phi) is 4.69. The molecule has 1 heterocycles. The van der Waals surface area contributed by atoms with Gasteiger partial charge in [-0.3, -0.25) is 4.79 Å². The predicted molar refractivity (Wildman–Crippen MR) is 74.4 cm³/mol. The van der Waals surface area contributed by atoms with E-state index < -0.39 is 5.97 Å². The van der Waals surface area contributed by atoms with Gasteiger partial charge in [0.2, 0.25) is 11.8 Å². The third kappa shape index (κ3) is 3.53. The Hall–Kier alpha value is -1.50. The molecule has 110 valence electrons. The van der Waals surface area contributed by atoms with E-state index >= 15 is 0 Å². The van der Waals surface area contributed by atoms with Crippen LogP contribution >= 0.6 is 11.8 Å². The van der Waals surface area contributed by atoms with Gasteiger partial charge in [0, 0.05) is 4.75 Å². The van der Waals surface area contributed by atoms with Crippen LogP contribution in [0.1, 0.15) is 32.1 Å². The van der Waals surface area contributed by atoms with Crippen LogP contribution in [0.25, 0.3) is 0 Å². The maximum Gasteiger partial charge on any atom is 0.304 e. The molecule has 0 saturated heterocycles. The van der Waals surface area contributed by atoms with Crippen molar-refractivity contribution in [3.63, 3.8) is 0 Å². The molecule has 1 aliphatic rings. The highest BCUT2D eigenvalue weighted by Crippen LogP contribution is 2.47. The third-order valence-electron chi connectivity index (χ3n) is 3.37. The van der Waals surface area contributed by atoms with Gasteiger partial charge in [-0.15, -0.1) is 0 Å². The molecule has 2 rings (SSSR count). The second-order valence-electron chi connectivity index (χ2n) is 4.80. The van der Waals surface area contributed by atoms with Crippen LogP contribution in [-0.4, -0.2) is 40.0 Å². The fourth-order valence-electron chi connectivity index (χ4n) is 2.44. The van der Waals surface area contributed by atoms with E-state index in [-0.39, 0.29) is 11.2 Å². The first kappa shape index (κ1) is 14.9. The van der Waals surface area contributed by atoms with Crippen molar-refractivity contribution in [1.82, 2.24) is 9.97 Å². The van der Waals surface area contributed by atoms with E-state index in [9.17, 15) is 4.79 Å². The maximum atomic E-state index is 11.1. The number of carboxylic acids is 1. The monoisotopic (exact) mass is 298 g/mol. The number of ether oxygens (including phenoxy) is 2. The summed E-state index contributed by atoms with van der Waals surface area (Å²) >= 11 is 1.42. The average molecular weight is 298 g/mol. The molecule has 0 amide bonds. The smallest absolute Gasteiger partial charge is 0.304 e. The van der Waals surface area contributed by atoms with Crippen LogP contribution in [0.5, 0.6) is 11.8 Å². The highest BCUT2D eigenvalue weighted by molar-refractivity contribution is 8.00. The van der Waals surface area contributed by atoms with E-state index in [0.717, 1.165) is 25.7 Å². The molecule has 20 heavy (non-hydrogen) atoms. The summed E-state index contributed by atoms with van der Waals surface area (Å²) < 4.78 is 9.91.